The highest BCUT2D eigenvalue weighted by Crippen LogP contribution is 2.29. The van der Waals surface area contributed by atoms with Crippen LogP contribution in [-0.2, 0) is 19.3 Å². The third kappa shape index (κ3) is 4.28. The maximum atomic E-state index is 12.8. The van der Waals surface area contributed by atoms with Crippen LogP contribution in [-0.4, -0.2) is 14.8 Å². The molecule has 8 heteroatoms. The van der Waals surface area contributed by atoms with E-state index in [9.17, 15) is 18.0 Å². The molecule has 0 unspecified atom stereocenters. The van der Waals surface area contributed by atoms with Crippen molar-refractivity contribution in [1.29, 1.82) is 0 Å². The Morgan fingerprint density at radius 1 is 1.08 bits per heavy atom. The summed E-state index contributed by atoms with van der Waals surface area (Å²) >= 11 is 0. The Hall–Kier alpha value is -3.03. The van der Waals surface area contributed by atoms with Crippen molar-refractivity contribution in [3.05, 3.63) is 82.0 Å². The Kier molecular flexibility index (Phi) is 4.60. The van der Waals surface area contributed by atoms with Crippen molar-refractivity contribution in [3.8, 4) is 0 Å². The number of nitrogens with one attached hydrogen (secondary N) is 2. The second-order valence-electron chi connectivity index (χ2n) is 5.45. The van der Waals surface area contributed by atoms with Crippen LogP contribution in [0.4, 0.5) is 18.9 Å². The Labute approximate surface area is 141 Å². The van der Waals surface area contributed by atoms with E-state index in [2.05, 4.69) is 15.4 Å². The average Bonchev–Trinajstić information content (AvgIpc) is 2.93. The molecule has 130 valence electrons. The van der Waals surface area contributed by atoms with Crippen molar-refractivity contribution >= 4 is 5.69 Å². The van der Waals surface area contributed by atoms with Crippen LogP contribution in [0, 0.1) is 0 Å². The number of para-hydroxylation sites is 1. The monoisotopic (exact) mass is 348 g/mol. The minimum Gasteiger partial charge on any atom is -0.378 e. The number of nitrogens with zero attached hydrogens (tertiary/aromatic N) is 2. The zero-order chi connectivity index (χ0) is 17.9. The van der Waals surface area contributed by atoms with Gasteiger partial charge in [0.25, 0.3) is 0 Å². The summed E-state index contributed by atoms with van der Waals surface area (Å²) in [6.45, 7) is 0.263. The first-order chi connectivity index (χ1) is 11.9. The first-order valence-corrected chi connectivity index (χ1v) is 7.53. The lowest BCUT2D eigenvalue weighted by atomic mass is 10.1. The number of anilines is 1. The molecule has 0 saturated carbocycles. The zero-order valence-electron chi connectivity index (χ0n) is 13.0. The van der Waals surface area contributed by atoms with Gasteiger partial charge in [-0.1, -0.05) is 30.3 Å². The van der Waals surface area contributed by atoms with Crippen LogP contribution >= 0.6 is 0 Å². The first kappa shape index (κ1) is 16.8. The molecule has 2 N–H and O–H groups in total. The number of benzene rings is 2. The zero-order valence-corrected chi connectivity index (χ0v) is 13.0. The number of alkyl halides is 3. The predicted molar refractivity (Wildman–Crippen MR) is 87.2 cm³/mol. The van der Waals surface area contributed by atoms with Crippen LogP contribution in [0.5, 0.6) is 0 Å². The fourth-order valence-electron chi connectivity index (χ4n) is 2.35. The molecule has 25 heavy (non-hydrogen) atoms. The van der Waals surface area contributed by atoms with Crippen LogP contribution in [0.2, 0.25) is 0 Å². The normalized spacial score (nSPS) is 11.5. The largest absolute Gasteiger partial charge is 0.416 e. The smallest absolute Gasteiger partial charge is 0.378 e. The molecular weight excluding hydrogens is 333 g/mol. The van der Waals surface area contributed by atoms with E-state index >= 15 is 0 Å². The first-order valence-electron chi connectivity index (χ1n) is 7.53. The van der Waals surface area contributed by atoms with E-state index in [-0.39, 0.29) is 6.54 Å². The lowest BCUT2D eigenvalue weighted by molar-refractivity contribution is -0.137. The van der Waals surface area contributed by atoms with Crippen molar-refractivity contribution in [1.82, 2.24) is 14.8 Å². The Bertz CT molecular complexity index is 900. The molecule has 1 aromatic heterocycles. The van der Waals surface area contributed by atoms with Gasteiger partial charge in [-0.15, -0.1) is 0 Å². The number of aromatic nitrogens is 3. The standard InChI is InChI=1S/C17H15F3N4O/c18-17(19,20)13-6-4-5-12(9-13)11-24-16(25)22-15(23-24)10-21-14-7-2-1-3-8-14/h1-9,21H,10-11H2,(H,22,23,25). The number of halogens is 3. The number of hydrogen-bond donors (Lipinski definition) is 2. The van der Waals surface area contributed by atoms with Gasteiger partial charge in [-0.05, 0) is 29.8 Å². The molecule has 0 aliphatic heterocycles. The van der Waals surface area contributed by atoms with Gasteiger partial charge in [0, 0.05) is 5.69 Å². The maximum Gasteiger partial charge on any atom is 0.416 e. The van der Waals surface area contributed by atoms with Gasteiger partial charge in [0.05, 0.1) is 18.7 Å². The number of aromatic amines is 1. The second kappa shape index (κ2) is 6.84. The second-order valence-corrected chi connectivity index (χ2v) is 5.45. The molecule has 0 aliphatic rings. The highest BCUT2D eigenvalue weighted by atomic mass is 19.4. The van der Waals surface area contributed by atoms with Gasteiger partial charge in [-0.25, -0.2) is 9.48 Å². The van der Waals surface area contributed by atoms with Crippen LogP contribution in [0.3, 0.4) is 0 Å². The SMILES string of the molecule is O=c1[nH]c(CNc2ccccc2)nn1Cc1cccc(C(F)(F)F)c1. The molecule has 0 fully saturated rings. The van der Waals surface area contributed by atoms with E-state index in [4.69, 9.17) is 0 Å². The molecule has 0 saturated heterocycles. The third-order valence-corrected chi connectivity index (χ3v) is 3.55. The van der Waals surface area contributed by atoms with Gasteiger partial charge in [-0.2, -0.15) is 18.3 Å². The van der Waals surface area contributed by atoms with E-state index < -0.39 is 17.4 Å². The van der Waals surface area contributed by atoms with Crippen molar-refractivity contribution in [2.45, 2.75) is 19.3 Å². The predicted octanol–water partition coefficient (Wildman–Crippen LogP) is 3.25. The van der Waals surface area contributed by atoms with E-state index in [1.807, 2.05) is 30.3 Å². The van der Waals surface area contributed by atoms with E-state index in [0.29, 0.717) is 17.9 Å². The Morgan fingerprint density at radius 2 is 1.84 bits per heavy atom. The average molecular weight is 348 g/mol. The summed E-state index contributed by atoms with van der Waals surface area (Å²) in [5.74, 6) is 0.404. The summed E-state index contributed by atoms with van der Waals surface area (Å²) in [6, 6.07) is 14.2. The van der Waals surface area contributed by atoms with Gasteiger partial charge < -0.3 is 5.32 Å². The third-order valence-electron chi connectivity index (χ3n) is 3.55. The van der Waals surface area contributed by atoms with Gasteiger partial charge in [0.2, 0.25) is 0 Å². The summed E-state index contributed by atoms with van der Waals surface area (Å²) in [6.07, 6.45) is -4.42. The Morgan fingerprint density at radius 3 is 2.56 bits per heavy atom. The summed E-state index contributed by atoms with van der Waals surface area (Å²) in [4.78, 5) is 14.5. The van der Waals surface area contributed by atoms with Crippen LogP contribution < -0.4 is 11.0 Å². The van der Waals surface area contributed by atoms with Crippen molar-refractivity contribution in [2.75, 3.05) is 5.32 Å². The quantitative estimate of drug-likeness (QED) is 0.744. The molecule has 0 aliphatic carbocycles. The highest BCUT2D eigenvalue weighted by molar-refractivity contribution is 5.42. The molecule has 5 nitrogen and oxygen atoms in total. The molecule has 0 atom stereocenters. The molecule has 2 aromatic carbocycles. The summed E-state index contributed by atoms with van der Waals surface area (Å²) in [5, 5.41) is 7.22. The minimum atomic E-state index is -4.42. The molecule has 1 heterocycles. The topological polar surface area (TPSA) is 62.7 Å². The van der Waals surface area contributed by atoms with Crippen LogP contribution in [0.1, 0.15) is 17.0 Å². The van der Waals surface area contributed by atoms with E-state index in [1.54, 1.807) is 0 Å². The Balaban J connectivity index is 1.72. The fourth-order valence-corrected chi connectivity index (χ4v) is 2.35. The molecule has 0 amide bonds. The van der Waals surface area contributed by atoms with E-state index in [0.717, 1.165) is 22.5 Å². The van der Waals surface area contributed by atoms with Crippen molar-refractivity contribution in [2.24, 2.45) is 0 Å². The lowest BCUT2D eigenvalue weighted by Gasteiger charge is -2.08. The van der Waals surface area contributed by atoms with Crippen LogP contribution in [0.25, 0.3) is 0 Å². The minimum absolute atomic E-state index is 0.0371. The molecule has 0 radical (unpaired) electrons. The molecule has 0 spiro atoms. The lowest BCUT2D eigenvalue weighted by Crippen LogP contribution is -2.19. The maximum absolute atomic E-state index is 12.8. The van der Waals surface area contributed by atoms with Crippen molar-refractivity contribution in [3.63, 3.8) is 0 Å². The number of rotatable bonds is 5. The summed E-state index contributed by atoms with van der Waals surface area (Å²) in [5.41, 5.74) is 0.00333. The summed E-state index contributed by atoms with van der Waals surface area (Å²) in [7, 11) is 0. The molecule has 3 rings (SSSR count). The molecule has 3 aromatic rings. The van der Waals surface area contributed by atoms with Gasteiger partial charge in [0.15, 0.2) is 0 Å². The number of hydrogen-bond acceptors (Lipinski definition) is 3. The van der Waals surface area contributed by atoms with Crippen molar-refractivity contribution < 1.29 is 13.2 Å². The molecule has 0 bridgehead atoms. The molecular formula is C17H15F3N4O. The highest BCUT2D eigenvalue weighted by Gasteiger charge is 2.30. The van der Waals surface area contributed by atoms with Crippen LogP contribution in [0.15, 0.2) is 59.4 Å². The van der Waals surface area contributed by atoms with E-state index in [1.165, 1.54) is 12.1 Å². The number of H-pyrrole nitrogens is 1. The fraction of sp³-hybridized carbons (Fsp3) is 0.176. The van der Waals surface area contributed by atoms with Gasteiger partial charge in [-0.3, -0.25) is 4.98 Å². The summed E-state index contributed by atoms with van der Waals surface area (Å²) < 4.78 is 39.4. The van der Waals surface area contributed by atoms with Gasteiger partial charge in [0.1, 0.15) is 5.82 Å². The van der Waals surface area contributed by atoms with Gasteiger partial charge >= 0.3 is 11.9 Å².